The van der Waals surface area contributed by atoms with Crippen molar-refractivity contribution in [2.45, 2.75) is 19.2 Å². The van der Waals surface area contributed by atoms with E-state index in [4.69, 9.17) is 16.3 Å². The Morgan fingerprint density at radius 1 is 1.06 bits per heavy atom. The Kier molecular flexibility index (Phi) is 6.87. The summed E-state index contributed by atoms with van der Waals surface area (Å²) in [4.78, 5) is 27.5. The van der Waals surface area contributed by atoms with E-state index in [1.165, 1.54) is 16.9 Å². The maximum atomic E-state index is 12.5. The average Bonchev–Trinajstić information content (AvgIpc) is 3.36. The highest BCUT2D eigenvalue weighted by Gasteiger charge is 2.34. The normalized spacial score (nSPS) is 17.7. The highest BCUT2D eigenvalue weighted by atomic mass is 35.5. The zero-order chi connectivity index (χ0) is 22.6. The maximum absolute atomic E-state index is 12.5. The summed E-state index contributed by atoms with van der Waals surface area (Å²) in [5.74, 6) is 0.758. The van der Waals surface area contributed by atoms with Crippen molar-refractivity contribution in [3.63, 3.8) is 0 Å². The Hall–Kier alpha value is -2.52. The Balaban J connectivity index is 1.06. The van der Waals surface area contributed by atoms with Crippen LogP contribution in [0.2, 0.25) is 5.02 Å². The fourth-order valence-electron chi connectivity index (χ4n) is 4.32. The molecule has 0 N–H and O–H groups in total. The molecule has 5 rings (SSSR count). The molecule has 2 fully saturated rings. The van der Waals surface area contributed by atoms with Crippen LogP contribution in [0.5, 0.6) is 5.75 Å². The number of aromatic nitrogens is 2. The molecule has 0 radical (unpaired) electrons. The minimum atomic E-state index is 0.0602. The van der Waals surface area contributed by atoms with Gasteiger partial charge in [-0.1, -0.05) is 17.7 Å². The highest BCUT2D eigenvalue weighted by molar-refractivity contribution is 7.11. The summed E-state index contributed by atoms with van der Waals surface area (Å²) < 4.78 is 5.86. The summed E-state index contributed by atoms with van der Waals surface area (Å²) in [6.07, 6.45) is 5.20. The van der Waals surface area contributed by atoms with E-state index in [1.54, 1.807) is 18.6 Å². The number of amides is 1. The van der Waals surface area contributed by atoms with Crippen LogP contribution in [0.15, 0.2) is 54.3 Å². The van der Waals surface area contributed by atoms with E-state index >= 15 is 0 Å². The minimum Gasteiger partial charge on any atom is -0.487 e. The van der Waals surface area contributed by atoms with Gasteiger partial charge < -0.3 is 9.64 Å². The standard InChI is InChI=1S/C24H26ClN5O2S/c25-21-13-19(1-2-22(21)32-17-18-3-5-26-6-4-18)14-28-15-20(16-28)29-8-10-30(11-9-29)24(31)23-27-7-12-33-23/h1-7,12-13,20H,8-11,14-17H2. The lowest BCUT2D eigenvalue weighted by atomic mass is 10.0. The first-order valence-corrected chi connectivity index (χ1v) is 12.4. The van der Waals surface area contributed by atoms with Gasteiger partial charge in [-0.25, -0.2) is 4.98 Å². The second-order valence-electron chi connectivity index (χ2n) is 8.42. The van der Waals surface area contributed by atoms with E-state index in [-0.39, 0.29) is 5.91 Å². The molecule has 0 bridgehead atoms. The Morgan fingerprint density at radius 3 is 2.55 bits per heavy atom. The molecule has 4 heterocycles. The summed E-state index contributed by atoms with van der Waals surface area (Å²) in [6, 6.07) is 10.5. The summed E-state index contributed by atoms with van der Waals surface area (Å²) >= 11 is 7.88. The second-order valence-corrected chi connectivity index (χ2v) is 9.72. The van der Waals surface area contributed by atoms with Gasteiger partial charge in [0.1, 0.15) is 12.4 Å². The van der Waals surface area contributed by atoms with Crippen LogP contribution < -0.4 is 4.74 Å². The van der Waals surface area contributed by atoms with Crippen LogP contribution in [0.3, 0.4) is 0 Å². The van der Waals surface area contributed by atoms with Crippen molar-refractivity contribution >= 4 is 28.8 Å². The third-order valence-electron chi connectivity index (χ3n) is 6.22. The van der Waals surface area contributed by atoms with E-state index in [0.717, 1.165) is 51.4 Å². The molecule has 9 heteroatoms. The number of pyridine rings is 1. The average molecular weight is 484 g/mol. The largest absolute Gasteiger partial charge is 0.487 e. The summed E-state index contributed by atoms with van der Waals surface area (Å²) in [7, 11) is 0. The van der Waals surface area contributed by atoms with Crippen LogP contribution in [-0.4, -0.2) is 75.9 Å². The molecule has 2 aliphatic heterocycles. The molecular weight excluding hydrogens is 458 g/mol. The molecule has 0 saturated carbocycles. The van der Waals surface area contributed by atoms with Gasteiger partial charge in [0, 0.05) is 75.8 Å². The molecule has 2 saturated heterocycles. The number of thiazole rings is 1. The molecule has 1 aromatic carbocycles. The number of piperazine rings is 1. The van der Waals surface area contributed by atoms with Crippen molar-refractivity contribution < 1.29 is 9.53 Å². The van der Waals surface area contributed by atoms with Crippen molar-refractivity contribution in [2.24, 2.45) is 0 Å². The summed E-state index contributed by atoms with van der Waals surface area (Å²) in [5.41, 5.74) is 2.25. The van der Waals surface area contributed by atoms with E-state index in [0.29, 0.717) is 28.4 Å². The van der Waals surface area contributed by atoms with Gasteiger partial charge in [-0.3, -0.25) is 19.6 Å². The molecule has 7 nitrogen and oxygen atoms in total. The van der Waals surface area contributed by atoms with Gasteiger partial charge in [-0.05, 0) is 35.4 Å². The number of hydrogen-bond acceptors (Lipinski definition) is 7. The number of hydrogen-bond donors (Lipinski definition) is 0. The number of halogens is 1. The molecule has 0 spiro atoms. The fourth-order valence-corrected chi connectivity index (χ4v) is 5.18. The van der Waals surface area contributed by atoms with Gasteiger partial charge in [0.25, 0.3) is 5.91 Å². The van der Waals surface area contributed by atoms with Crippen LogP contribution in [-0.2, 0) is 13.2 Å². The molecule has 0 atom stereocenters. The molecule has 2 aromatic heterocycles. The van der Waals surface area contributed by atoms with Gasteiger partial charge in [-0.15, -0.1) is 11.3 Å². The fraction of sp³-hybridized carbons (Fsp3) is 0.375. The topological polar surface area (TPSA) is 61.8 Å². The zero-order valence-electron chi connectivity index (χ0n) is 18.3. The van der Waals surface area contributed by atoms with Crippen molar-refractivity contribution in [3.05, 3.63) is 75.5 Å². The number of likely N-dealkylation sites (tertiary alicyclic amines) is 1. The predicted molar refractivity (Wildman–Crippen MR) is 129 cm³/mol. The van der Waals surface area contributed by atoms with Crippen LogP contribution in [0, 0.1) is 0 Å². The van der Waals surface area contributed by atoms with Crippen molar-refractivity contribution in [3.8, 4) is 5.75 Å². The van der Waals surface area contributed by atoms with E-state index in [1.807, 2.05) is 34.5 Å². The lowest BCUT2D eigenvalue weighted by molar-refractivity contribution is 0.00257. The number of nitrogens with zero attached hydrogens (tertiary/aromatic N) is 5. The van der Waals surface area contributed by atoms with E-state index < -0.39 is 0 Å². The number of carbonyl (C=O) groups excluding carboxylic acids is 1. The van der Waals surface area contributed by atoms with Gasteiger partial charge in [0.2, 0.25) is 0 Å². The van der Waals surface area contributed by atoms with Crippen LogP contribution >= 0.6 is 22.9 Å². The Morgan fingerprint density at radius 2 is 1.85 bits per heavy atom. The zero-order valence-corrected chi connectivity index (χ0v) is 19.8. The number of benzene rings is 1. The predicted octanol–water partition coefficient (Wildman–Crippen LogP) is 3.41. The molecule has 3 aromatic rings. The van der Waals surface area contributed by atoms with Gasteiger partial charge in [0.15, 0.2) is 5.01 Å². The number of ether oxygens (including phenoxy) is 1. The molecule has 0 aliphatic carbocycles. The molecule has 1 amide bonds. The first kappa shape index (κ1) is 22.3. The van der Waals surface area contributed by atoms with E-state index in [2.05, 4.69) is 25.8 Å². The quantitative estimate of drug-likeness (QED) is 0.513. The Bertz CT molecular complexity index is 1070. The number of carbonyl (C=O) groups is 1. The molecule has 2 aliphatic rings. The smallest absolute Gasteiger partial charge is 0.282 e. The maximum Gasteiger partial charge on any atom is 0.282 e. The summed E-state index contributed by atoms with van der Waals surface area (Å²) in [6.45, 7) is 6.81. The third-order valence-corrected chi connectivity index (χ3v) is 7.27. The molecule has 0 unspecified atom stereocenters. The third kappa shape index (κ3) is 5.35. The van der Waals surface area contributed by atoms with Crippen molar-refractivity contribution in [2.75, 3.05) is 39.3 Å². The van der Waals surface area contributed by atoms with Crippen LogP contribution in [0.1, 0.15) is 20.9 Å². The highest BCUT2D eigenvalue weighted by Crippen LogP contribution is 2.28. The van der Waals surface area contributed by atoms with Gasteiger partial charge in [0.05, 0.1) is 5.02 Å². The first-order valence-electron chi connectivity index (χ1n) is 11.1. The van der Waals surface area contributed by atoms with Crippen LogP contribution in [0.4, 0.5) is 0 Å². The SMILES string of the molecule is O=C(c1nccs1)N1CCN(C2CN(Cc3ccc(OCc4ccncc4)c(Cl)c3)C2)CC1. The minimum absolute atomic E-state index is 0.0602. The summed E-state index contributed by atoms with van der Waals surface area (Å²) in [5, 5.41) is 3.08. The Labute approximate surface area is 202 Å². The van der Waals surface area contributed by atoms with E-state index in [9.17, 15) is 4.79 Å². The molecule has 172 valence electrons. The molecule has 33 heavy (non-hydrogen) atoms. The first-order chi connectivity index (χ1) is 16.2. The number of rotatable bonds is 7. The monoisotopic (exact) mass is 483 g/mol. The lowest BCUT2D eigenvalue weighted by Gasteiger charge is -2.48. The van der Waals surface area contributed by atoms with Crippen molar-refractivity contribution in [1.29, 1.82) is 0 Å². The second kappa shape index (κ2) is 10.2. The van der Waals surface area contributed by atoms with Crippen LogP contribution in [0.25, 0.3) is 0 Å². The van der Waals surface area contributed by atoms with Crippen molar-refractivity contribution in [1.82, 2.24) is 24.7 Å². The van der Waals surface area contributed by atoms with Gasteiger partial charge >= 0.3 is 0 Å². The lowest BCUT2D eigenvalue weighted by Crippen LogP contribution is -2.63. The molecular formula is C24H26ClN5O2S. The van der Waals surface area contributed by atoms with Gasteiger partial charge in [-0.2, -0.15) is 0 Å².